The highest BCUT2D eigenvalue weighted by atomic mass is 19.1. The quantitative estimate of drug-likeness (QED) is 0.281. The molecule has 2 atom stereocenters. The molecule has 4 aromatic heterocycles. The van der Waals surface area contributed by atoms with Gasteiger partial charge >= 0.3 is 0 Å². The number of phenols is 1. The second-order valence-electron chi connectivity index (χ2n) is 12.6. The van der Waals surface area contributed by atoms with Crippen molar-refractivity contribution in [3.05, 3.63) is 78.1 Å². The van der Waals surface area contributed by atoms with Crippen molar-refractivity contribution >= 4 is 16.9 Å². The number of halogens is 1. The number of benzene rings is 1. The van der Waals surface area contributed by atoms with Crippen molar-refractivity contribution in [1.82, 2.24) is 34.5 Å². The summed E-state index contributed by atoms with van der Waals surface area (Å²) < 4.78 is 15.8. The van der Waals surface area contributed by atoms with Crippen LogP contribution in [0.25, 0.3) is 33.4 Å². The maximum atomic E-state index is 13.8. The average Bonchev–Trinajstić information content (AvgIpc) is 3.73. The number of piperazine rings is 1. The first-order chi connectivity index (χ1) is 21.9. The van der Waals surface area contributed by atoms with Crippen LogP contribution in [0.2, 0.25) is 0 Å². The van der Waals surface area contributed by atoms with E-state index in [0.717, 1.165) is 84.7 Å². The Morgan fingerprint density at radius 3 is 2.58 bits per heavy atom. The maximum Gasteiger partial charge on any atom is 0.138 e. The van der Waals surface area contributed by atoms with Gasteiger partial charge in [-0.15, -0.1) is 0 Å². The number of likely N-dealkylation sites (tertiary alicyclic amines) is 1. The first kappa shape index (κ1) is 27.7. The van der Waals surface area contributed by atoms with E-state index in [2.05, 4.69) is 59.8 Å². The highest BCUT2D eigenvalue weighted by molar-refractivity contribution is 5.98. The van der Waals surface area contributed by atoms with Crippen molar-refractivity contribution in [3.63, 3.8) is 0 Å². The molecule has 1 aromatic carbocycles. The lowest BCUT2D eigenvalue weighted by Crippen LogP contribution is -2.68. The molecule has 2 N–H and O–H groups in total. The zero-order chi connectivity index (χ0) is 30.7. The number of fused-ring (bicyclic) bond motifs is 3. The van der Waals surface area contributed by atoms with E-state index in [1.807, 2.05) is 24.5 Å². The lowest BCUT2D eigenvalue weighted by Gasteiger charge is -2.56. The topological polar surface area (TPSA) is 113 Å². The number of nitrogens with one attached hydrogen (secondary N) is 1. The second-order valence-corrected chi connectivity index (χ2v) is 12.6. The number of nitrogens with zero attached hydrogens (tertiary/aromatic N) is 8. The fourth-order valence-corrected chi connectivity index (χ4v) is 7.29. The summed E-state index contributed by atoms with van der Waals surface area (Å²) in [7, 11) is 2.16. The first-order valence-electron chi connectivity index (χ1n) is 15.5. The highest BCUT2D eigenvalue weighted by Gasteiger charge is 2.45. The largest absolute Gasteiger partial charge is 0.508 e. The molecule has 45 heavy (non-hydrogen) atoms. The van der Waals surface area contributed by atoms with Gasteiger partial charge in [0.25, 0.3) is 0 Å². The van der Waals surface area contributed by atoms with Gasteiger partial charge in [-0.3, -0.25) is 9.58 Å². The molecule has 4 aliphatic heterocycles. The number of anilines is 1. The van der Waals surface area contributed by atoms with Gasteiger partial charge in [0.2, 0.25) is 0 Å². The molecule has 4 saturated heterocycles. The number of H-pyrrole nitrogens is 1. The van der Waals surface area contributed by atoms with E-state index < -0.39 is 0 Å². The molecule has 0 spiro atoms. The van der Waals surface area contributed by atoms with Gasteiger partial charge in [-0.2, -0.15) is 10.4 Å². The molecule has 2 unspecified atom stereocenters. The Bertz CT molecular complexity index is 1910. The van der Waals surface area contributed by atoms with Crippen LogP contribution in [0, 0.1) is 17.1 Å². The monoisotopic (exact) mass is 603 g/mol. The summed E-state index contributed by atoms with van der Waals surface area (Å²) in [6.07, 6.45) is 10.7. The summed E-state index contributed by atoms with van der Waals surface area (Å²) in [5.74, 6) is 0.691. The van der Waals surface area contributed by atoms with Crippen LogP contribution in [0.4, 0.5) is 10.2 Å². The van der Waals surface area contributed by atoms with E-state index in [9.17, 15) is 14.8 Å². The molecule has 9 rings (SSSR count). The summed E-state index contributed by atoms with van der Waals surface area (Å²) in [5, 5.41) is 25.7. The van der Waals surface area contributed by atoms with Gasteiger partial charge in [0.05, 0.1) is 23.5 Å². The third-order valence-electron chi connectivity index (χ3n) is 9.85. The number of rotatable bonds is 6. The van der Waals surface area contributed by atoms with Gasteiger partial charge in [0.1, 0.15) is 29.1 Å². The third-order valence-corrected chi connectivity index (χ3v) is 9.85. The molecule has 0 amide bonds. The number of phenolic OH excluding ortho intramolecular Hbond substituents is 1. The van der Waals surface area contributed by atoms with Crippen LogP contribution in [-0.2, 0) is 6.54 Å². The smallest absolute Gasteiger partial charge is 0.138 e. The van der Waals surface area contributed by atoms with Gasteiger partial charge in [-0.25, -0.2) is 14.4 Å². The number of pyridine rings is 2. The summed E-state index contributed by atoms with van der Waals surface area (Å²) in [5.41, 5.74) is 5.43. The van der Waals surface area contributed by atoms with Crippen LogP contribution >= 0.6 is 0 Å². The summed E-state index contributed by atoms with van der Waals surface area (Å²) in [6.45, 7) is 4.31. The van der Waals surface area contributed by atoms with E-state index in [1.54, 1.807) is 6.20 Å². The molecule has 228 valence electrons. The van der Waals surface area contributed by atoms with Crippen molar-refractivity contribution in [1.29, 1.82) is 5.26 Å². The number of hydrogen-bond donors (Lipinski definition) is 2. The summed E-state index contributed by atoms with van der Waals surface area (Å²) >= 11 is 0. The average molecular weight is 604 g/mol. The number of piperidine rings is 2. The molecule has 2 bridgehead atoms. The van der Waals surface area contributed by atoms with E-state index >= 15 is 0 Å². The van der Waals surface area contributed by atoms with Crippen LogP contribution in [0.1, 0.15) is 36.4 Å². The van der Waals surface area contributed by atoms with E-state index in [-0.39, 0.29) is 11.6 Å². The summed E-state index contributed by atoms with van der Waals surface area (Å²) in [4.78, 5) is 19.8. The first-order valence-corrected chi connectivity index (χ1v) is 15.5. The Morgan fingerprint density at radius 1 is 1.00 bits per heavy atom. The number of hydrogen-bond acceptors (Lipinski definition) is 8. The fraction of sp³-hybridized carbons (Fsp3) is 0.353. The zero-order valence-corrected chi connectivity index (χ0v) is 25.1. The Balaban J connectivity index is 1.02. The normalized spacial score (nSPS) is 20.8. The Kier molecular flexibility index (Phi) is 6.77. The number of aromatic amines is 1. The van der Waals surface area contributed by atoms with Crippen molar-refractivity contribution in [3.8, 4) is 34.2 Å². The Labute approximate surface area is 260 Å². The van der Waals surface area contributed by atoms with E-state index in [0.29, 0.717) is 35.8 Å². The van der Waals surface area contributed by atoms with Crippen LogP contribution in [-0.4, -0.2) is 84.9 Å². The van der Waals surface area contributed by atoms with Crippen molar-refractivity contribution in [2.45, 2.75) is 43.9 Å². The Hall–Kier alpha value is -4.79. The number of aromatic nitrogens is 5. The fourth-order valence-electron chi connectivity index (χ4n) is 7.29. The molecular weight excluding hydrogens is 569 g/mol. The van der Waals surface area contributed by atoms with Gasteiger partial charge in [-0.05, 0) is 75.8 Å². The van der Waals surface area contributed by atoms with Crippen LogP contribution in [0.3, 0.4) is 0 Å². The van der Waals surface area contributed by atoms with E-state index in [1.165, 1.54) is 18.2 Å². The minimum atomic E-state index is -0.333. The number of nitriles is 1. The molecule has 0 aliphatic carbocycles. The van der Waals surface area contributed by atoms with Crippen LogP contribution in [0.15, 0.2) is 61.2 Å². The lowest BCUT2D eigenvalue weighted by atomic mass is 9.86. The molecule has 5 aromatic rings. The van der Waals surface area contributed by atoms with Gasteiger partial charge < -0.3 is 19.9 Å². The molecule has 11 heteroatoms. The maximum absolute atomic E-state index is 13.8. The van der Waals surface area contributed by atoms with Crippen LogP contribution in [0.5, 0.6) is 5.75 Å². The lowest BCUT2D eigenvalue weighted by molar-refractivity contribution is -0.00921. The molecule has 4 aliphatic rings. The third kappa shape index (κ3) is 5.00. The van der Waals surface area contributed by atoms with Crippen molar-refractivity contribution in [2.24, 2.45) is 0 Å². The molecule has 10 nitrogen and oxygen atoms in total. The van der Waals surface area contributed by atoms with E-state index in [4.69, 9.17) is 4.98 Å². The minimum Gasteiger partial charge on any atom is -0.508 e. The number of aromatic hydroxyl groups is 1. The van der Waals surface area contributed by atoms with Crippen molar-refractivity contribution in [2.75, 3.05) is 38.1 Å². The van der Waals surface area contributed by atoms with Gasteiger partial charge in [-0.1, -0.05) is 0 Å². The van der Waals surface area contributed by atoms with Gasteiger partial charge in [0, 0.05) is 77.9 Å². The minimum absolute atomic E-state index is 0.134. The van der Waals surface area contributed by atoms with Gasteiger partial charge in [0.15, 0.2) is 0 Å². The Morgan fingerprint density at radius 2 is 1.82 bits per heavy atom. The summed E-state index contributed by atoms with van der Waals surface area (Å²) in [6, 6.07) is 13.6. The predicted molar refractivity (Wildman–Crippen MR) is 169 cm³/mol. The van der Waals surface area contributed by atoms with Crippen molar-refractivity contribution < 1.29 is 9.50 Å². The van der Waals surface area contributed by atoms with Crippen LogP contribution < -0.4 is 4.90 Å². The second kappa shape index (κ2) is 11.0. The zero-order valence-electron chi connectivity index (χ0n) is 25.1. The highest BCUT2D eigenvalue weighted by Crippen LogP contribution is 2.38. The molecule has 8 heterocycles. The standard InChI is InChI=1S/C34H34FN9O/c1-41-8-6-26(7-9-41)44-18-24(16-39-44)30-12-29-33(23(13-36)15-38-34(29)40-30)21-2-5-32(37-14-21)42-19-27-11-28(20-42)43(27)17-22-10-25(35)3-4-31(22)45/h2-5,10,12,14-16,18,26-28,45H,6-9,11,17,19-20H2,1H3,(H,38,40). The predicted octanol–water partition coefficient (Wildman–Crippen LogP) is 4.93. The SMILES string of the molecule is CN1CCC(n2cc(-c3cc4c(-c5ccc(N6CC7CC(C6)N7Cc6cc(F)ccc6O)nc5)c(C#N)cnc4[nH]3)cn2)CC1. The molecular formula is C34H34FN9O. The molecule has 4 fully saturated rings. The molecule has 0 saturated carbocycles. The molecule has 0 radical (unpaired) electrons.